The van der Waals surface area contributed by atoms with E-state index in [0.29, 0.717) is 5.75 Å². The van der Waals surface area contributed by atoms with Crippen LogP contribution in [0.25, 0.3) is 6.08 Å². The quantitative estimate of drug-likeness (QED) is 0.338. The molecule has 1 aromatic rings. The average Bonchev–Trinajstić information content (AvgIpc) is 2.43. The van der Waals surface area contributed by atoms with Gasteiger partial charge in [-0.3, -0.25) is 9.59 Å². The summed E-state index contributed by atoms with van der Waals surface area (Å²) in [4.78, 5) is 22.4. The van der Waals surface area contributed by atoms with Gasteiger partial charge < -0.3 is 9.47 Å². The van der Waals surface area contributed by atoms with Crippen LogP contribution in [0.4, 0.5) is 0 Å². The fourth-order valence-electron chi connectivity index (χ4n) is 1.33. The van der Waals surface area contributed by atoms with Crippen LogP contribution in [0.3, 0.4) is 0 Å². The van der Waals surface area contributed by atoms with Gasteiger partial charge in [0.25, 0.3) is 0 Å². The molecule has 0 unspecified atom stereocenters. The molecule has 1 rings (SSSR count). The van der Waals surface area contributed by atoms with Crippen molar-refractivity contribution < 1.29 is 19.1 Å². The summed E-state index contributed by atoms with van der Waals surface area (Å²) in [7, 11) is 1.24. The highest BCUT2D eigenvalue weighted by Gasteiger charge is 2.06. The second kappa shape index (κ2) is 7.72. The van der Waals surface area contributed by atoms with E-state index in [2.05, 4.69) is 10.7 Å². The Labute approximate surface area is 112 Å². The van der Waals surface area contributed by atoms with Crippen LogP contribution in [0.5, 0.6) is 5.75 Å². The lowest BCUT2D eigenvalue weighted by molar-refractivity contribution is -0.142. The van der Waals surface area contributed by atoms with E-state index in [4.69, 9.17) is 11.2 Å². The van der Waals surface area contributed by atoms with Gasteiger partial charge in [0.05, 0.1) is 7.11 Å². The first-order valence-electron chi connectivity index (χ1n) is 5.60. The Balaban J connectivity index is 2.73. The van der Waals surface area contributed by atoms with E-state index in [0.717, 1.165) is 5.56 Å². The van der Waals surface area contributed by atoms with Gasteiger partial charge >= 0.3 is 5.97 Å². The molecular weight excluding hydrogens is 244 g/mol. The third-order valence-electron chi connectivity index (χ3n) is 2.23. The zero-order valence-electron chi connectivity index (χ0n) is 10.6. The van der Waals surface area contributed by atoms with Crippen LogP contribution in [0, 0.1) is 12.3 Å². The normalized spacial score (nSPS) is 9.89. The van der Waals surface area contributed by atoms with Crippen molar-refractivity contribution in [3.63, 3.8) is 0 Å². The number of benzene rings is 1. The summed E-state index contributed by atoms with van der Waals surface area (Å²) in [6.07, 6.45) is 7.74. The van der Waals surface area contributed by atoms with E-state index < -0.39 is 5.97 Å². The van der Waals surface area contributed by atoms with Crippen molar-refractivity contribution in [2.24, 2.45) is 0 Å². The van der Waals surface area contributed by atoms with Crippen LogP contribution < -0.4 is 4.74 Å². The van der Waals surface area contributed by atoms with Crippen molar-refractivity contribution in [2.45, 2.75) is 6.42 Å². The molecular formula is C15H14O4. The van der Waals surface area contributed by atoms with Gasteiger partial charge in [-0.2, -0.15) is 0 Å². The lowest BCUT2D eigenvalue weighted by Gasteiger charge is -2.05. The highest BCUT2D eigenvalue weighted by atomic mass is 16.5. The maximum atomic E-state index is 11.5. The third kappa shape index (κ3) is 5.09. The standard InChI is InChI=1S/C15H14O4/c1-3-10-19-14-7-5-4-6-12(14)8-9-13(16)11-15(17)18-2/h1,4-9H,10-11H2,2H3. The molecule has 0 bridgehead atoms. The summed E-state index contributed by atoms with van der Waals surface area (Å²) >= 11 is 0. The number of para-hydroxylation sites is 1. The van der Waals surface area contributed by atoms with Gasteiger partial charge in [-0.25, -0.2) is 0 Å². The van der Waals surface area contributed by atoms with Crippen molar-refractivity contribution in [2.75, 3.05) is 13.7 Å². The number of hydrogen-bond acceptors (Lipinski definition) is 4. The summed E-state index contributed by atoms with van der Waals surface area (Å²) in [5.74, 6) is 2.06. The number of allylic oxidation sites excluding steroid dienone is 1. The Kier molecular flexibility index (Phi) is 5.90. The SMILES string of the molecule is C#CCOc1ccccc1C=CC(=O)CC(=O)OC. The molecule has 0 saturated carbocycles. The smallest absolute Gasteiger partial charge is 0.313 e. The van der Waals surface area contributed by atoms with Crippen molar-refractivity contribution in [1.29, 1.82) is 0 Å². The predicted molar refractivity (Wildman–Crippen MR) is 71.4 cm³/mol. The van der Waals surface area contributed by atoms with Crippen LogP contribution in [0.15, 0.2) is 30.3 Å². The van der Waals surface area contributed by atoms with E-state index in [1.165, 1.54) is 13.2 Å². The molecule has 0 radical (unpaired) electrons. The van der Waals surface area contributed by atoms with Gasteiger partial charge in [-0.1, -0.05) is 24.1 Å². The number of rotatable bonds is 6. The number of esters is 1. The fourth-order valence-corrected chi connectivity index (χ4v) is 1.33. The summed E-state index contributed by atoms with van der Waals surface area (Å²) in [6, 6.07) is 7.15. The molecule has 0 N–H and O–H groups in total. The molecule has 0 aliphatic heterocycles. The molecule has 0 atom stereocenters. The van der Waals surface area contributed by atoms with Crippen LogP contribution in [0.1, 0.15) is 12.0 Å². The van der Waals surface area contributed by atoms with E-state index in [9.17, 15) is 9.59 Å². The zero-order valence-corrected chi connectivity index (χ0v) is 10.6. The van der Waals surface area contributed by atoms with E-state index in [1.807, 2.05) is 6.07 Å². The van der Waals surface area contributed by atoms with Crippen LogP contribution in [-0.2, 0) is 14.3 Å². The molecule has 0 heterocycles. The van der Waals surface area contributed by atoms with Crippen LogP contribution in [0.2, 0.25) is 0 Å². The number of carbonyl (C=O) groups is 2. The van der Waals surface area contributed by atoms with Gasteiger partial charge in [0.15, 0.2) is 5.78 Å². The first kappa shape index (κ1) is 14.5. The largest absolute Gasteiger partial charge is 0.480 e. The molecule has 0 aliphatic rings. The molecule has 0 amide bonds. The number of hydrogen-bond donors (Lipinski definition) is 0. The lowest BCUT2D eigenvalue weighted by Crippen LogP contribution is -2.06. The van der Waals surface area contributed by atoms with Crippen LogP contribution >= 0.6 is 0 Å². The maximum absolute atomic E-state index is 11.5. The number of ketones is 1. The molecule has 0 spiro atoms. The van der Waals surface area contributed by atoms with Gasteiger partial charge in [-0.05, 0) is 18.2 Å². The number of ether oxygens (including phenoxy) is 2. The molecule has 4 nitrogen and oxygen atoms in total. The minimum Gasteiger partial charge on any atom is -0.480 e. The second-order valence-electron chi connectivity index (χ2n) is 3.58. The number of carbonyl (C=O) groups excluding carboxylic acids is 2. The first-order valence-corrected chi connectivity index (χ1v) is 5.60. The van der Waals surface area contributed by atoms with E-state index in [1.54, 1.807) is 24.3 Å². The third-order valence-corrected chi connectivity index (χ3v) is 2.23. The fraction of sp³-hybridized carbons (Fsp3) is 0.200. The molecule has 0 fully saturated rings. The van der Waals surface area contributed by atoms with Gasteiger partial charge in [0.2, 0.25) is 0 Å². The summed E-state index contributed by atoms with van der Waals surface area (Å²) in [5, 5.41) is 0. The molecule has 19 heavy (non-hydrogen) atoms. The Bertz CT molecular complexity index is 523. The minimum atomic E-state index is -0.563. The van der Waals surface area contributed by atoms with E-state index in [-0.39, 0.29) is 18.8 Å². The Morgan fingerprint density at radius 3 is 2.79 bits per heavy atom. The summed E-state index contributed by atoms with van der Waals surface area (Å²) in [6.45, 7) is 0.154. The van der Waals surface area contributed by atoms with E-state index >= 15 is 0 Å². The molecule has 0 aromatic heterocycles. The molecule has 0 saturated heterocycles. The average molecular weight is 258 g/mol. The second-order valence-corrected chi connectivity index (χ2v) is 3.58. The Hall–Kier alpha value is -2.54. The van der Waals surface area contributed by atoms with Crippen molar-refractivity contribution in [1.82, 2.24) is 0 Å². The zero-order chi connectivity index (χ0) is 14.1. The monoisotopic (exact) mass is 258 g/mol. The predicted octanol–water partition coefficient (Wildman–Crippen LogP) is 1.84. The number of terminal acetylenes is 1. The molecule has 1 aromatic carbocycles. The molecule has 4 heteroatoms. The number of methoxy groups -OCH3 is 1. The summed E-state index contributed by atoms with van der Waals surface area (Å²) < 4.78 is 9.74. The molecule has 0 aliphatic carbocycles. The Morgan fingerprint density at radius 2 is 2.11 bits per heavy atom. The lowest BCUT2D eigenvalue weighted by atomic mass is 10.1. The highest BCUT2D eigenvalue weighted by Crippen LogP contribution is 2.19. The maximum Gasteiger partial charge on any atom is 0.313 e. The topological polar surface area (TPSA) is 52.6 Å². The van der Waals surface area contributed by atoms with Gasteiger partial charge in [0, 0.05) is 5.56 Å². The Morgan fingerprint density at radius 1 is 1.37 bits per heavy atom. The highest BCUT2D eigenvalue weighted by molar-refractivity contribution is 6.04. The van der Waals surface area contributed by atoms with Crippen LogP contribution in [-0.4, -0.2) is 25.5 Å². The van der Waals surface area contributed by atoms with Gasteiger partial charge in [0.1, 0.15) is 18.8 Å². The van der Waals surface area contributed by atoms with Crippen molar-refractivity contribution >= 4 is 17.8 Å². The minimum absolute atomic E-state index is 0.154. The summed E-state index contributed by atoms with van der Waals surface area (Å²) in [5.41, 5.74) is 0.718. The van der Waals surface area contributed by atoms with Crippen molar-refractivity contribution in [3.05, 3.63) is 35.9 Å². The first-order chi connectivity index (χ1) is 9.17. The van der Waals surface area contributed by atoms with Gasteiger partial charge in [-0.15, -0.1) is 6.42 Å². The van der Waals surface area contributed by atoms with Crippen molar-refractivity contribution in [3.8, 4) is 18.1 Å². The molecule has 98 valence electrons.